The van der Waals surface area contributed by atoms with Crippen LogP contribution in [0.4, 0.5) is 0 Å². The summed E-state index contributed by atoms with van der Waals surface area (Å²) in [4.78, 5) is 10.7. The Balaban J connectivity index is 0.000000461. The van der Waals surface area contributed by atoms with Gasteiger partial charge < -0.3 is 5.32 Å². The first-order valence-corrected chi connectivity index (χ1v) is 4.62. The quantitative estimate of drug-likeness (QED) is 0.653. The minimum atomic E-state index is 0.194. The number of carbonyl (C=O) groups is 1. The maximum Gasteiger partial charge on any atom is 0.219 e. The van der Waals surface area contributed by atoms with Crippen LogP contribution < -0.4 is 5.32 Å². The predicted molar refractivity (Wildman–Crippen MR) is 47.4 cm³/mol. The Bertz CT molecular complexity index is 108. The van der Waals surface area contributed by atoms with Crippen LogP contribution in [0.2, 0.25) is 0 Å². The van der Waals surface area contributed by atoms with Gasteiger partial charge in [-0.15, -0.1) is 0 Å². The Morgan fingerprint density at radius 3 is 2.27 bits per heavy atom. The first-order chi connectivity index (χ1) is 5.33. The van der Waals surface area contributed by atoms with E-state index < -0.39 is 0 Å². The lowest BCUT2D eigenvalue weighted by Crippen LogP contribution is -2.38. The lowest BCUT2D eigenvalue weighted by Gasteiger charge is -2.25. The molecule has 11 heavy (non-hydrogen) atoms. The number of carbonyl (C=O) groups excluding carboxylic acids is 1. The highest BCUT2D eigenvalue weighted by Gasteiger charge is 2.17. The summed E-state index contributed by atoms with van der Waals surface area (Å²) in [6, 6.07) is 0.512. The molecule has 0 unspecified atom stereocenters. The van der Waals surface area contributed by atoms with Crippen molar-refractivity contribution < 1.29 is 4.79 Å². The van der Waals surface area contributed by atoms with Crippen molar-refractivity contribution in [3.05, 3.63) is 0 Å². The van der Waals surface area contributed by atoms with Crippen molar-refractivity contribution in [1.29, 1.82) is 0 Å². The molecule has 0 aromatic heterocycles. The van der Waals surface area contributed by atoms with E-state index in [0.29, 0.717) is 12.5 Å². The van der Waals surface area contributed by atoms with Gasteiger partial charge in [-0.1, -0.05) is 20.8 Å². The third-order valence-corrected chi connectivity index (χ3v) is 1.79. The van der Waals surface area contributed by atoms with E-state index in [0.717, 1.165) is 0 Å². The van der Waals surface area contributed by atoms with Gasteiger partial charge in [0, 0.05) is 12.5 Å². The lowest BCUT2D eigenvalue weighted by molar-refractivity contribution is -0.121. The van der Waals surface area contributed by atoms with Crippen molar-refractivity contribution >= 4 is 5.91 Å². The van der Waals surface area contributed by atoms with Crippen molar-refractivity contribution in [3.63, 3.8) is 0 Å². The number of hydrogen-bond acceptors (Lipinski definition) is 1. The highest BCUT2D eigenvalue weighted by molar-refractivity contribution is 5.75. The summed E-state index contributed by atoms with van der Waals surface area (Å²) in [6.45, 7) is 5.88. The second-order valence-electron chi connectivity index (χ2n) is 2.55. The Hall–Kier alpha value is -0.530. The van der Waals surface area contributed by atoms with Crippen LogP contribution in [0.5, 0.6) is 0 Å². The van der Waals surface area contributed by atoms with Gasteiger partial charge >= 0.3 is 0 Å². The van der Waals surface area contributed by atoms with Crippen LogP contribution in [0.1, 0.15) is 46.5 Å². The molecule has 0 aromatic carbocycles. The second kappa shape index (κ2) is 6.20. The van der Waals surface area contributed by atoms with Crippen LogP contribution in [0.25, 0.3) is 0 Å². The molecule has 0 aromatic rings. The van der Waals surface area contributed by atoms with E-state index in [2.05, 4.69) is 5.32 Å². The zero-order chi connectivity index (χ0) is 8.69. The fourth-order valence-corrected chi connectivity index (χ4v) is 0.882. The number of rotatable bonds is 2. The summed E-state index contributed by atoms with van der Waals surface area (Å²) < 4.78 is 0. The van der Waals surface area contributed by atoms with Gasteiger partial charge in [0.05, 0.1) is 0 Å². The van der Waals surface area contributed by atoms with Crippen LogP contribution >= 0.6 is 0 Å². The molecule has 0 spiro atoms. The molecule has 0 saturated heterocycles. The molecule has 2 heteroatoms. The predicted octanol–water partition coefficient (Wildman–Crippen LogP) is 2.09. The molecule has 0 radical (unpaired) electrons. The molecule has 1 saturated carbocycles. The normalized spacial score (nSPS) is 15.9. The van der Waals surface area contributed by atoms with E-state index in [1.165, 1.54) is 19.3 Å². The van der Waals surface area contributed by atoms with E-state index in [-0.39, 0.29) is 5.91 Å². The molecule has 1 aliphatic carbocycles. The van der Waals surface area contributed by atoms with Gasteiger partial charge in [0.1, 0.15) is 0 Å². The van der Waals surface area contributed by atoms with Gasteiger partial charge in [0.15, 0.2) is 0 Å². The standard InChI is InChI=1S/C7H13NO.C2H6/c1-2-7(9)8-6-4-3-5-6;1-2/h6H,2-5H2,1H3,(H,8,9);1-2H3. The van der Waals surface area contributed by atoms with Crippen LogP contribution in [-0.4, -0.2) is 11.9 Å². The molecular weight excluding hydrogens is 138 g/mol. The summed E-state index contributed by atoms with van der Waals surface area (Å²) in [5, 5.41) is 2.93. The van der Waals surface area contributed by atoms with Gasteiger partial charge in [-0.25, -0.2) is 0 Å². The number of hydrogen-bond donors (Lipinski definition) is 1. The highest BCUT2D eigenvalue weighted by Crippen LogP contribution is 2.17. The van der Waals surface area contributed by atoms with E-state index in [9.17, 15) is 4.79 Å². The van der Waals surface area contributed by atoms with Crippen LogP contribution in [0, 0.1) is 0 Å². The van der Waals surface area contributed by atoms with Crippen molar-refractivity contribution in [2.24, 2.45) is 0 Å². The first-order valence-electron chi connectivity index (χ1n) is 4.62. The smallest absolute Gasteiger partial charge is 0.219 e. The van der Waals surface area contributed by atoms with Gasteiger partial charge in [-0.3, -0.25) is 4.79 Å². The van der Waals surface area contributed by atoms with E-state index in [1.54, 1.807) is 0 Å². The van der Waals surface area contributed by atoms with E-state index >= 15 is 0 Å². The molecule has 2 nitrogen and oxygen atoms in total. The zero-order valence-corrected chi connectivity index (χ0v) is 7.81. The van der Waals surface area contributed by atoms with Gasteiger partial charge in [0.2, 0.25) is 5.91 Å². The Kier molecular flexibility index (Phi) is 5.90. The molecule has 0 atom stereocenters. The van der Waals surface area contributed by atoms with Crippen LogP contribution in [-0.2, 0) is 4.79 Å². The average Bonchev–Trinajstić information content (AvgIpc) is 2.00. The van der Waals surface area contributed by atoms with Crippen molar-refractivity contribution in [3.8, 4) is 0 Å². The Labute approximate surface area is 69.4 Å². The van der Waals surface area contributed by atoms with Crippen LogP contribution in [0.15, 0.2) is 0 Å². The van der Waals surface area contributed by atoms with E-state index in [1.807, 2.05) is 20.8 Å². The second-order valence-corrected chi connectivity index (χ2v) is 2.55. The summed E-state index contributed by atoms with van der Waals surface area (Å²) in [7, 11) is 0. The topological polar surface area (TPSA) is 29.1 Å². The number of nitrogens with one attached hydrogen (secondary N) is 1. The maximum absolute atomic E-state index is 10.7. The minimum absolute atomic E-state index is 0.194. The first kappa shape index (κ1) is 10.5. The van der Waals surface area contributed by atoms with Crippen molar-refractivity contribution in [1.82, 2.24) is 5.32 Å². The molecule has 0 aliphatic heterocycles. The summed E-state index contributed by atoms with van der Waals surface area (Å²) in [5.41, 5.74) is 0. The average molecular weight is 157 g/mol. The van der Waals surface area contributed by atoms with Gasteiger partial charge in [-0.05, 0) is 19.3 Å². The van der Waals surface area contributed by atoms with Crippen molar-refractivity contribution in [2.45, 2.75) is 52.5 Å². The lowest BCUT2D eigenvalue weighted by atomic mass is 9.93. The summed E-state index contributed by atoms with van der Waals surface area (Å²) in [5.74, 6) is 0.194. The molecule has 1 fully saturated rings. The molecule has 66 valence electrons. The molecule has 0 bridgehead atoms. The molecular formula is C9H19NO. The summed E-state index contributed by atoms with van der Waals surface area (Å²) >= 11 is 0. The zero-order valence-electron chi connectivity index (χ0n) is 7.81. The maximum atomic E-state index is 10.7. The van der Waals surface area contributed by atoms with Crippen molar-refractivity contribution in [2.75, 3.05) is 0 Å². The Morgan fingerprint density at radius 1 is 1.45 bits per heavy atom. The third kappa shape index (κ3) is 4.02. The monoisotopic (exact) mass is 157 g/mol. The third-order valence-electron chi connectivity index (χ3n) is 1.79. The molecule has 1 amide bonds. The van der Waals surface area contributed by atoms with Crippen LogP contribution in [0.3, 0.4) is 0 Å². The fraction of sp³-hybridized carbons (Fsp3) is 0.889. The SMILES string of the molecule is CC.CCC(=O)NC1CCC1. The molecule has 1 rings (SSSR count). The fourth-order valence-electron chi connectivity index (χ4n) is 0.882. The summed E-state index contributed by atoms with van der Waals surface area (Å²) in [6.07, 6.45) is 4.28. The van der Waals surface area contributed by atoms with Gasteiger partial charge in [-0.2, -0.15) is 0 Å². The highest BCUT2D eigenvalue weighted by atomic mass is 16.1. The largest absolute Gasteiger partial charge is 0.353 e. The Morgan fingerprint density at radius 2 is 2.00 bits per heavy atom. The molecule has 1 aliphatic rings. The van der Waals surface area contributed by atoms with Gasteiger partial charge in [0.25, 0.3) is 0 Å². The molecule has 0 heterocycles. The van der Waals surface area contributed by atoms with E-state index in [4.69, 9.17) is 0 Å². The molecule has 1 N–H and O–H groups in total. The number of amides is 1. The minimum Gasteiger partial charge on any atom is -0.353 e.